The normalized spacial score (nSPS) is 11.3. The van der Waals surface area contributed by atoms with Crippen molar-refractivity contribution in [1.82, 2.24) is 20.2 Å². The topological polar surface area (TPSA) is 74.4 Å². The quantitative estimate of drug-likeness (QED) is 0.558. The number of hydrogen-bond donors (Lipinski definition) is 2. The van der Waals surface area contributed by atoms with Gasteiger partial charge in [-0.25, -0.2) is 4.98 Å². The average Bonchev–Trinajstić information content (AvgIpc) is 2.88. The van der Waals surface area contributed by atoms with Crippen molar-refractivity contribution in [2.45, 2.75) is 0 Å². The van der Waals surface area contributed by atoms with E-state index in [1.54, 1.807) is 6.07 Å². The van der Waals surface area contributed by atoms with Crippen LogP contribution >= 0.6 is 15.9 Å². The molecule has 0 bridgehead atoms. The molecule has 2 aromatic carbocycles. The first-order valence-electron chi connectivity index (χ1n) is 6.35. The highest BCUT2D eigenvalue weighted by atomic mass is 79.9. The number of nitrogens with zero attached hydrogens (tertiary/aromatic N) is 2. The Kier molecular flexibility index (Phi) is 2.65. The number of para-hydroxylation sites is 1. The third kappa shape index (κ3) is 1.95. The number of halogens is 1. The molecule has 0 amide bonds. The molecule has 0 aliphatic rings. The fourth-order valence-corrected chi connectivity index (χ4v) is 2.76. The first kappa shape index (κ1) is 12.3. The Labute approximate surface area is 127 Å². The Morgan fingerprint density at radius 3 is 2.76 bits per heavy atom. The van der Waals surface area contributed by atoms with Crippen LogP contribution < -0.4 is 5.56 Å². The second-order valence-corrected chi connectivity index (χ2v) is 5.49. The third-order valence-electron chi connectivity index (χ3n) is 3.39. The van der Waals surface area contributed by atoms with Gasteiger partial charge in [-0.15, -0.1) is 0 Å². The molecule has 0 radical (unpaired) electrons. The number of fused-ring (bicyclic) bond motifs is 2. The van der Waals surface area contributed by atoms with Gasteiger partial charge in [0.15, 0.2) is 0 Å². The molecule has 0 aliphatic carbocycles. The molecule has 0 aliphatic heterocycles. The SMILES string of the molecule is O=c1[nH]c(-c2ccc3n[nH]c(Br)c3c2)nc2ccccc12. The van der Waals surface area contributed by atoms with E-state index in [0.717, 1.165) is 21.1 Å². The number of rotatable bonds is 1. The van der Waals surface area contributed by atoms with Gasteiger partial charge < -0.3 is 4.98 Å². The van der Waals surface area contributed by atoms with Crippen LogP contribution in [0.2, 0.25) is 0 Å². The summed E-state index contributed by atoms with van der Waals surface area (Å²) in [5.41, 5.74) is 2.24. The van der Waals surface area contributed by atoms with Crippen LogP contribution in [0.5, 0.6) is 0 Å². The van der Waals surface area contributed by atoms with E-state index in [0.29, 0.717) is 16.7 Å². The number of aromatic amines is 2. The summed E-state index contributed by atoms with van der Waals surface area (Å²) in [6.07, 6.45) is 0. The summed E-state index contributed by atoms with van der Waals surface area (Å²) in [5.74, 6) is 0.550. The van der Waals surface area contributed by atoms with Gasteiger partial charge in [-0.3, -0.25) is 9.89 Å². The van der Waals surface area contributed by atoms with Crippen molar-refractivity contribution in [3.63, 3.8) is 0 Å². The summed E-state index contributed by atoms with van der Waals surface area (Å²) in [7, 11) is 0. The van der Waals surface area contributed by atoms with Gasteiger partial charge in [0.05, 0.1) is 16.4 Å². The number of hydrogen-bond acceptors (Lipinski definition) is 3. The molecule has 0 fully saturated rings. The molecule has 5 nitrogen and oxygen atoms in total. The molecule has 102 valence electrons. The van der Waals surface area contributed by atoms with Crippen molar-refractivity contribution in [3.8, 4) is 11.4 Å². The van der Waals surface area contributed by atoms with Crippen LogP contribution in [0.3, 0.4) is 0 Å². The average molecular weight is 341 g/mol. The van der Waals surface area contributed by atoms with E-state index in [1.165, 1.54) is 0 Å². The number of H-pyrrole nitrogens is 2. The van der Waals surface area contributed by atoms with Crippen molar-refractivity contribution < 1.29 is 0 Å². The molecular formula is C15H9BrN4O. The van der Waals surface area contributed by atoms with E-state index < -0.39 is 0 Å². The molecule has 0 atom stereocenters. The minimum absolute atomic E-state index is 0.137. The molecule has 2 heterocycles. The van der Waals surface area contributed by atoms with Gasteiger partial charge in [0.2, 0.25) is 0 Å². The summed E-state index contributed by atoms with van der Waals surface area (Å²) in [6, 6.07) is 13.0. The first-order chi connectivity index (χ1) is 10.2. The van der Waals surface area contributed by atoms with Gasteiger partial charge in [-0.1, -0.05) is 12.1 Å². The standard InChI is InChI=1S/C15H9BrN4O/c16-13-10-7-8(5-6-12(10)19-20-13)14-17-11-4-2-1-3-9(11)15(21)18-14/h1-7H,(H,19,20)(H,17,18,21). The molecule has 0 saturated heterocycles. The minimum atomic E-state index is -0.137. The molecule has 0 spiro atoms. The Hall–Kier alpha value is -2.47. The highest BCUT2D eigenvalue weighted by molar-refractivity contribution is 9.10. The van der Waals surface area contributed by atoms with Crippen LogP contribution in [0.25, 0.3) is 33.2 Å². The van der Waals surface area contributed by atoms with E-state index in [2.05, 4.69) is 36.1 Å². The monoisotopic (exact) mass is 340 g/mol. The predicted molar refractivity (Wildman–Crippen MR) is 85.2 cm³/mol. The van der Waals surface area contributed by atoms with Crippen LogP contribution in [0.4, 0.5) is 0 Å². The van der Waals surface area contributed by atoms with E-state index >= 15 is 0 Å². The summed E-state index contributed by atoms with van der Waals surface area (Å²) < 4.78 is 0.808. The molecule has 2 aromatic heterocycles. The van der Waals surface area contributed by atoms with Crippen molar-refractivity contribution >= 4 is 37.7 Å². The van der Waals surface area contributed by atoms with Crippen LogP contribution in [0, 0.1) is 0 Å². The Morgan fingerprint density at radius 1 is 1.00 bits per heavy atom. The lowest BCUT2D eigenvalue weighted by Crippen LogP contribution is -2.09. The maximum atomic E-state index is 12.1. The lowest BCUT2D eigenvalue weighted by molar-refractivity contribution is 1.10. The highest BCUT2D eigenvalue weighted by Gasteiger charge is 2.08. The predicted octanol–water partition coefficient (Wildman–Crippen LogP) is 3.23. The Morgan fingerprint density at radius 2 is 1.86 bits per heavy atom. The largest absolute Gasteiger partial charge is 0.306 e. The van der Waals surface area contributed by atoms with E-state index in [4.69, 9.17) is 0 Å². The minimum Gasteiger partial charge on any atom is -0.306 e. The van der Waals surface area contributed by atoms with Crippen molar-refractivity contribution in [2.75, 3.05) is 0 Å². The maximum Gasteiger partial charge on any atom is 0.259 e. The lowest BCUT2D eigenvalue weighted by Gasteiger charge is -2.03. The van der Waals surface area contributed by atoms with E-state index in [-0.39, 0.29) is 5.56 Å². The lowest BCUT2D eigenvalue weighted by atomic mass is 10.1. The summed E-state index contributed by atoms with van der Waals surface area (Å²) in [4.78, 5) is 19.5. The third-order valence-corrected chi connectivity index (χ3v) is 4.00. The van der Waals surface area contributed by atoms with E-state index in [9.17, 15) is 4.79 Å². The van der Waals surface area contributed by atoms with Gasteiger partial charge in [-0.05, 0) is 46.3 Å². The maximum absolute atomic E-state index is 12.1. The number of benzene rings is 2. The molecule has 4 rings (SSSR count). The van der Waals surface area contributed by atoms with E-state index in [1.807, 2.05) is 36.4 Å². The van der Waals surface area contributed by atoms with Crippen molar-refractivity contribution in [2.24, 2.45) is 0 Å². The molecule has 21 heavy (non-hydrogen) atoms. The molecule has 4 aromatic rings. The van der Waals surface area contributed by atoms with Crippen molar-refractivity contribution in [1.29, 1.82) is 0 Å². The second-order valence-electron chi connectivity index (χ2n) is 4.70. The van der Waals surface area contributed by atoms with Gasteiger partial charge in [0.1, 0.15) is 10.4 Å². The van der Waals surface area contributed by atoms with Crippen LogP contribution in [0.1, 0.15) is 0 Å². The smallest absolute Gasteiger partial charge is 0.259 e. The van der Waals surface area contributed by atoms with Gasteiger partial charge >= 0.3 is 0 Å². The van der Waals surface area contributed by atoms with Crippen molar-refractivity contribution in [3.05, 3.63) is 57.4 Å². The van der Waals surface area contributed by atoms with Crippen LogP contribution in [-0.4, -0.2) is 20.2 Å². The molecule has 0 saturated carbocycles. The summed E-state index contributed by atoms with van der Waals surface area (Å²) in [5, 5.41) is 8.56. The van der Waals surface area contributed by atoms with Gasteiger partial charge in [0, 0.05) is 10.9 Å². The summed E-state index contributed by atoms with van der Waals surface area (Å²) >= 11 is 3.42. The fraction of sp³-hybridized carbons (Fsp3) is 0. The second kappa shape index (κ2) is 4.53. The molecular weight excluding hydrogens is 332 g/mol. The number of aromatic nitrogens is 4. The Balaban J connectivity index is 1.99. The highest BCUT2D eigenvalue weighted by Crippen LogP contribution is 2.26. The van der Waals surface area contributed by atoms with Crippen LogP contribution in [0.15, 0.2) is 51.9 Å². The fourth-order valence-electron chi connectivity index (χ4n) is 2.35. The Bertz CT molecular complexity index is 1030. The molecule has 6 heteroatoms. The van der Waals surface area contributed by atoms with Gasteiger partial charge in [0.25, 0.3) is 5.56 Å². The zero-order chi connectivity index (χ0) is 14.4. The molecule has 2 N–H and O–H groups in total. The summed E-state index contributed by atoms with van der Waals surface area (Å²) in [6.45, 7) is 0. The molecule has 0 unspecified atom stereocenters. The number of nitrogens with one attached hydrogen (secondary N) is 2. The zero-order valence-electron chi connectivity index (χ0n) is 10.7. The van der Waals surface area contributed by atoms with Gasteiger partial charge in [-0.2, -0.15) is 5.10 Å². The first-order valence-corrected chi connectivity index (χ1v) is 7.15. The van der Waals surface area contributed by atoms with Crippen LogP contribution in [-0.2, 0) is 0 Å². The zero-order valence-corrected chi connectivity index (χ0v) is 12.3.